The van der Waals surface area contributed by atoms with Crippen molar-refractivity contribution in [3.63, 3.8) is 0 Å². The van der Waals surface area contributed by atoms with Gasteiger partial charge in [-0.25, -0.2) is 0 Å². The first-order chi connectivity index (χ1) is 7.24. The monoisotopic (exact) mass is 201 g/mol. The van der Waals surface area contributed by atoms with Gasteiger partial charge in [-0.1, -0.05) is 12.1 Å². The molecule has 2 heteroatoms. The zero-order valence-electron chi connectivity index (χ0n) is 8.27. The van der Waals surface area contributed by atoms with Gasteiger partial charge in [0.05, 0.1) is 0 Å². The Morgan fingerprint density at radius 3 is 1.80 bits per heavy atom. The van der Waals surface area contributed by atoms with Crippen molar-refractivity contribution >= 4 is 0 Å². The van der Waals surface area contributed by atoms with E-state index in [9.17, 15) is 0 Å². The maximum atomic E-state index is 9.13. The highest BCUT2D eigenvalue weighted by Gasteiger charge is 1.98. The van der Waals surface area contributed by atoms with Gasteiger partial charge in [-0.3, -0.25) is 0 Å². The second-order valence-corrected chi connectivity index (χ2v) is 3.54. The van der Waals surface area contributed by atoms with Gasteiger partial charge < -0.3 is 10.2 Å². The molecule has 0 aromatic heterocycles. The van der Waals surface area contributed by atoms with Crippen LogP contribution in [0.3, 0.4) is 0 Å². The summed E-state index contributed by atoms with van der Waals surface area (Å²) in [4.78, 5) is 0. The van der Waals surface area contributed by atoms with Gasteiger partial charge in [-0.05, 0) is 41.8 Å². The van der Waals surface area contributed by atoms with E-state index in [2.05, 4.69) is 0 Å². The van der Waals surface area contributed by atoms with Crippen molar-refractivity contribution in [3.8, 4) is 11.5 Å². The number of phenolic OH excluding ortho intramolecular Hbond substituents is 1. The van der Waals surface area contributed by atoms with Gasteiger partial charge in [0.15, 0.2) is 0 Å². The van der Waals surface area contributed by atoms with Crippen LogP contribution in [-0.4, -0.2) is 10.2 Å². The molecule has 0 saturated carbocycles. The molecule has 0 amide bonds. The highest BCUT2D eigenvalue weighted by molar-refractivity contribution is 5.32. The van der Waals surface area contributed by atoms with Gasteiger partial charge in [-0.2, -0.15) is 0 Å². The summed E-state index contributed by atoms with van der Waals surface area (Å²) in [6.07, 6.45) is 0.834. The standard InChI is InChI=1S/C13H12O2/c14-12-5-1-10(2-6-12)9-11-3-7-13(15)8-4-11/h1-8,14-15H,9H2/p+1. The molecule has 2 aromatic carbocycles. The van der Waals surface area contributed by atoms with E-state index in [-0.39, 0.29) is 0 Å². The predicted molar refractivity (Wildman–Crippen MR) is 60.4 cm³/mol. The van der Waals surface area contributed by atoms with Crippen molar-refractivity contribution in [2.45, 2.75) is 6.42 Å². The summed E-state index contributed by atoms with van der Waals surface area (Å²) in [6.45, 7) is 0. The van der Waals surface area contributed by atoms with Crippen molar-refractivity contribution in [2.24, 2.45) is 0 Å². The van der Waals surface area contributed by atoms with Gasteiger partial charge in [0.25, 0.3) is 5.75 Å². The van der Waals surface area contributed by atoms with E-state index in [0.29, 0.717) is 11.5 Å². The van der Waals surface area contributed by atoms with Crippen LogP contribution in [0.1, 0.15) is 11.1 Å². The van der Waals surface area contributed by atoms with Crippen LogP contribution in [0, 0.1) is 0 Å². The molecule has 0 aliphatic carbocycles. The Hall–Kier alpha value is -1.96. The van der Waals surface area contributed by atoms with E-state index < -0.39 is 0 Å². The molecule has 0 saturated heterocycles. The van der Waals surface area contributed by atoms with Gasteiger partial charge in [0.1, 0.15) is 5.75 Å². The molecule has 2 rings (SSSR count). The van der Waals surface area contributed by atoms with Gasteiger partial charge >= 0.3 is 0 Å². The van der Waals surface area contributed by atoms with E-state index in [4.69, 9.17) is 10.2 Å². The molecule has 0 fully saturated rings. The molecule has 2 aromatic rings. The zero-order chi connectivity index (χ0) is 10.7. The summed E-state index contributed by atoms with van der Waals surface area (Å²) in [6, 6.07) is 14.7. The topological polar surface area (TPSA) is 43.1 Å². The van der Waals surface area contributed by atoms with E-state index in [0.717, 1.165) is 12.0 Å². The normalized spacial score (nSPS) is 10.1. The molecule has 3 N–H and O–H groups in total. The number of benzene rings is 2. The summed E-state index contributed by atoms with van der Waals surface area (Å²) >= 11 is 0. The lowest BCUT2D eigenvalue weighted by Crippen LogP contribution is -1.86. The maximum absolute atomic E-state index is 9.13. The third kappa shape index (κ3) is 2.50. The zero-order valence-corrected chi connectivity index (χ0v) is 8.27. The molecule has 0 spiro atoms. The van der Waals surface area contributed by atoms with Crippen LogP contribution < -0.4 is 0 Å². The number of phenols is 1. The van der Waals surface area contributed by atoms with Crippen LogP contribution in [-0.2, 0) is 6.42 Å². The van der Waals surface area contributed by atoms with Crippen molar-refractivity contribution < 1.29 is 10.2 Å². The van der Waals surface area contributed by atoms with Crippen LogP contribution in [0.4, 0.5) is 0 Å². The first-order valence-corrected chi connectivity index (χ1v) is 4.82. The molecule has 2 nitrogen and oxygen atoms in total. The minimum atomic E-state index is 0.292. The van der Waals surface area contributed by atoms with Crippen molar-refractivity contribution in [3.05, 3.63) is 59.7 Å². The van der Waals surface area contributed by atoms with Crippen molar-refractivity contribution in [1.82, 2.24) is 0 Å². The first-order valence-electron chi connectivity index (χ1n) is 4.82. The van der Waals surface area contributed by atoms with Gasteiger partial charge in [0, 0.05) is 12.1 Å². The molecular weight excluding hydrogens is 188 g/mol. The second kappa shape index (κ2) is 4.05. The van der Waals surface area contributed by atoms with Crippen LogP contribution in [0.15, 0.2) is 48.5 Å². The summed E-state index contributed by atoms with van der Waals surface area (Å²) in [5, 5.41) is 16.5. The summed E-state index contributed by atoms with van der Waals surface area (Å²) in [5.41, 5.74) is 2.34. The Bertz CT molecular complexity index is 386. The molecule has 0 bridgehead atoms. The molecule has 0 aliphatic rings. The average molecular weight is 201 g/mol. The number of hydrogen-bond acceptors (Lipinski definition) is 1. The van der Waals surface area contributed by atoms with Crippen molar-refractivity contribution in [1.29, 1.82) is 0 Å². The molecule has 76 valence electrons. The third-order valence-corrected chi connectivity index (χ3v) is 2.30. The highest BCUT2D eigenvalue weighted by Crippen LogP contribution is 2.15. The Kier molecular flexibility index (Phi) is 2.59. The lowest BCUT2D eigenvalue weighted by molar-refractivity contribution is 0.475. The first kappa shape index (κ1) is 9.59. The lowest BCUT2D eigenvalue weighted by Gasteiger charge is -2.01. The fourth-order valence-electron chi connectivity index (χ4n) is 1.47. The summed E-state index contributed by atoms with van der Waals surface area (Å²) in [7, 11) is 0. The fraction of sp³-hybridized carbons (Fsp3) is 0.0769. The van der Waals surface area contributed by atoms with Crippen LogP contribution in [0.25, 0.3) is 0 Å². The van der Waals surface area contributed by atoms with E-state index >= 15 is 0 Å². The third-order valence-electron chi connectivity index (χ3n) is 2.30. The predicted octanol–water partition coefficient (Wildman–Crippen LogP) is 2.42. The number of rotatable bonds is 2. The maximum Gasteiger partial charge on any atom is 0.253 e. The Labute approximate surface area is 88.4 Å². The molecule has 15 heavy (non-hydrogen) atoms. The molecule has 0 radical (unpaired) electrons. The van der Waals surface area contributed by atoms with Gasteiger partial charge in [-0.15, -0.1) is 0 Å². The lowest BCUT2D eigenvalue weighted by atomic mass is 10.1. The molecule has 0 atom stereocenters. The average Bonchev–Trinajstić information content (AvgIpc) is 2.25. The highest BCUT2D eigenvalue weighted by atomic mass is 16.3. The summed E-state index contributed by atoms with van der Waals surface area (Å²) in [5.74, 6) is 0.824. The summed E-state index contributed by atoms with van der Waals surface area (Å²) < 4.78 is 0. The Balaban J connectivity index is 2.15. The molecular formula is C13H13O2+. The van der Waals surface area contributed by atoms with Crippen LogP contribution in [0.2, 0.25) is 0 Å². The van der Waals surface area contributed by atoms with E-state index in [1.807, 2.05) is 24.3 Å². The van der Waals surface area contributed by atoms with Crippen LogP contribution in [0.5, 0.6) is 11.5 Å². The van der Waals surface area contributed by atoms with E-state index in [1.54, 1.807) is 24.3 Å². The second-order valence-electron chi connectivity index (χ2n) is 3.54. The quantitative estimate of drug-likeness (QED) is 0.745. The minimum absolute atomic E-state index is 0.292. The SMILES string of the molecule is Oc1ccc(Cc2ccc([OH2+])cc2)cc1. The van der Waals surface area contributed by atoms with Crippen molar-refractivity contribution in [2.75, 3.05) is 0 Å². The molecule has 0 unspecified atom stereocenters. The largest absolute Gasteiger partial charge is 0.593 e. The number of hydrogen-bond donors (Lipinski definition) is 1. The van der Waals surface area contributed by atoms with Gasteiger partial charge in [0.2, 0.25) is 0 Å². The Morgan fingerprint density at radius 1 is 0.800 bits per heavy atom. The fourth-order valence-corrected chi connectivity index (χ4v) is 1.47. The Morgan fingerprint density at radius 2 is 1.27 bits per heavy atom. The van der Waals surface area contributed by atoms with E-state index in [1.165, 1.54) is 5.56 Å². The smallest absolute Gasteiger partial charge is 0.253 e. The molecule has 0 heterocycles. The minimum Gasteiger partial charge on any atom is -0.593 e. The number of aromatic hydroxyl groups is 1. The molecule has 0 aliphatic heterocycles. The van der Waals surface area contributed by atoms with Crippen LogP contribution >= 0.6 is 0 Å².